The Balaban J connectivity index is 1.30. The van der Waals surface area contributed by atoms with E-state index in [0.717, 1.165) is 25.2 Å². The third-order valence-electron chi connectivity index (χ3n) is 8.81. The zero-order chi connectivity index (χ0) is 31.4. The van der Waals surface area contributed by atoms with Crippen LogP contribution in [-0.4, -0.2) is 48.6 Å². The molecule has 234 valence electrons. The minimum Gasteiger partial charge on any atom is -0.506 e. The lowest BCUT2D eigenvalue weighted by Gasteiger charge is -2.51. The van der Waals surface area contributed by atoms with Gasteiger partial charge in [-0.25, -0.2) is 13.6 Å². The molecule has 7 nitrogen and oxygen atoms in total. The standard InChI is InChI=1S/C32H33F5N4O3/c1-19(2)16-40-14-13-30-18-41(28-26(42)12-11-23(27(28)30)31(33,34)15-20(30)17-40)25-6-4-3-5-24(25)39-29(43)38-21-7-9-22(10-8-21)44-32(35,36)37/h3-12,19-20,42H,13-18H2,1-2H3,(H2,38,39,43). The first-order valence-corrected chi connectivity index (χ1v) is 14.5. The zero-order valence-electron chi connectivity index (χ0n) is 24.2. The van der Waals surface area contributed by atoms with Gasteiger partial charge in [-0.1, -0.05) is 26.0 Å². The van der Waals surface area contributed by atoms with E-state index in [4.69, 9.17) is 0 Å². The monoisotopic (exact) mass is 616 g/mol. The van der Waals surface area contributed by atoms with Gasteiger partial charge in [-0.15, -0.1) is 13.2 Å². The van der Waals surface area contributed by atoms with Gasteiger partial charge in [0.15, 0.2) is 0 Å². The number of hydrogen-bond donors (Lipinski definition) is 3. The number of alkyl halides is 5. The van der Waals surface area contributed by atoms with Crippen LogP contribution in [0.5, 0.6) is 11.5 Å². The van der Waals surface area contributed by atoms with Gasteiger partial charge in [-0.2, -0.15) is 0 Å². The fraction of sp³-hybridized carbons (Fsp3) is 0.406. The number of benzene rings is 3. The van der Waals surface area contributed by atoms with E-state index in [2.05, 4.69) is 34.1 Å². The average molecular weight is 617 g/mol. The van der Waals surface area contributed by atoms with Crippen molar-refractivity contribution in [1.82, 2.24) is 4.90 Å². The molecule has 44 heavy (non-hydrogen) atoms. The molecule has 3 aromatic rings. The van der Waals surface area contributed by atoms with Crippen molar-refractivity contribution in [2.45, 2.75) is 44.4 Å². The maximum Gasteiger partial charge on any atom is 0.573 e. The van der Waals surface area contributed by atoms with Crippen LogP contribution < -0.4 is 20.3 Å². The molecule has 1 aliphatic carbocycles. The molecule has 0 bridgehead atoms. The Labute approximate surface area is 251 Å². The maximum atomic E-state index is 15.7. The maximum absolute atomic E-state index is 15.7. The number of aromatic hydroxyl groups is 1. The lowest BCUT2D eigenvalue weighted by Crippen LogP contribution is -2.56. The molecule has 6 rings (SSSR count). The van der Waals surface area contributed by atoms with E-state index >= 15 is 8.78 Å². The summed E-state index contributed by atoms with van der Waals surface area (Å²) in [7, 11) is 0. The molecule has 0 aromatic heterocycles. The minimum atomic E-state index is -4.83. The number of ether oxygens (including phenoxy) is 1. The van der Waals surface area contributed by atoms with Gasteiger partial charge in [-0.3, -0.25) is 0 Å². The van der Waals surface area contributed by atoms with Gasteiger partial charge in [0.2, 0.25) is 0 Å². The Morgan fingerprint density at radius 2 is 1.80 bits per heavy atom. The summed E-state index contributed by atoms with van der Waals surface area (Å²) in [5.41, 5.74) is 1.29. The molecule has 2 aliphatic heterocycles. The number of likely N-dealkylation sites (tertiary alicyclic amines) is 1. The first-order valence-electron chi connectivity index (χ1n) is 14.5. The first kappa shape index (κ1) is 30.0. The Morgan fingerprint density at radius 3 is 2.50 bits per heavy atom. The summed E-state index contributed by atoms with van der Waals surface area (Å²) in [4.78, 5) is 17.1. The molecule has 0 radical (unpaired) electrons. The van der Waals surface area contributed by atoms with Crippen LogP contribution in [0.4, 0.5) is 49.5 Å². The Kier molecular flexibility index (Phi) is 7.38. The first-order chi connectivity index (χ1) is 20.8. The molecule has 2 heterocycles. The van der Waals surface area contributed by atoms with Gasteiger partial charge < -0.3 is 30.3 Å². The number of hydrogen-bond acceptors (Lipinski definition) is 5. The summed E-state index contributed by atoms with van der Waals surface area (Å²) < 4.78 is 72.7. The minimum absolute atomic E-state index is 0.0532. The Morgan fingerprint density at radius 1 is 1.07 bits per heavy atom. The van der Waals surface area contributed by atoms with Gasteiger partial charge in [0.1, 0.15) is 11.5 Å². The van der Waals surface area contributed by atoms with Gasteiger partial charge in [0.05, 0.1) is 17.1 Å². The molecule has 3 aliphatic rings. The molecule has 1 fully saturated rings. The van der Waals surface area contributed by atoms with Crippen molar-refractivity contribution < 1.29 is 36.6 Å². The second-order valence-corrected chi connectivity index (χ2v) is 12.3. The highest BCUT2D eigenvalue weighted by molar-refractivity contribution is 6.02. The highest BCUT2D eigenvalue weighted by atomic mass is 19.4. The topological polar surface area (TPSA) is 77.1 Å². The molecule has 3 N–H and O–H groups in total. The molecule has 12 heteroatoms. The number of anilines is 4. The van der Waals surface area contributed by atoms with Crippen LogP contribution >= 0.6 is 0 Å². The number of para-hydroxylation sites is 2. The molecule has 2 unspecified atom stereocenters. The predicted molar refractivity (Wildman–Crippen MR) is 157 cm³/mol. The summed E-state index contributed by atoms with van der Waals surface area (Å²) in [5, 5.41) is 16.5. The summed E-state index contributed by atoms with van der Waals surface area (Å²) in [5.74, 6) is -3.53. The van der Waals surface area contributed by atoms with Crippen molar-refractivity contribution in [3.05, 3.63) is 71.8 Å². The van der Waals surface area contributed by atoms with E-state index in [1.54, 1.807) is 24.3 Å². The summed E-state index contributed by atoms with van der Waals surface area (Å²) in [6.45, 7) is 6.69. The molecule has 1 saturated heterocycles. The number of amides is 2. The third kappa shape index (κ3) is 5.51. The van der Waals surface area contributed by atoms with Gasteiger partial charge in [0.25, 0.3) is 5.92 Å². The van der Waals surface area contributed by atoms with E-state index in [9.17, 15) is 23.1 Å². The number of urea groups is 1. The van der Waals surface area contributed by atoms with Crippen LogP contribution in [0.25, 0.3) is 0 Å². The van der Waals surface area contributed by atoms with Crippen molar-refractivity contribution in [2.75, 3.05) is 41.7 Å². The van der Waals surface area contributed by atoms with Crippen LogP contribution in [0, 0.1) is 11.8 Å². The number of carbonyl (C=O) groups is 1. The normalized spacial score (nSPS) is 22.4. The zero-order valence-corrected chi connectivity index (χ0v) is 24.2. The molecular weight excluding hydrogens is 583 g/mol. The van der Waals surface area contributed by atoms with Crippen molar-refractivity contribution in [1.29, 1.82) is 0 Å². The van der Waals surface area contributed by atoms with Crippen LogP contribution in [0.3, 0.4) is 0 Å². The van der Waals surface area contributed by atoms with Crippen molar-refractivity contribution in [3.63, 3.8) is 0 Å². The number of halogens is 5. The Hall–Kier alpha value is -4.06. The van der Waals surface area contributed by atoms with Crippen LogP contribution in [-0.2, 0) is 11.3 Å². The van der Waals surface area contributed by atoms with Crippen molar-refractivity contribution >= 4 is 28.8 Å². The van der Waals surface area contributed by atoms with E-state index in [1.807, 2.05) is 4.90 Å². The summed E-state index contributed by atoms with van der Waals surface area (Å²) in [6, 6.07) is 13.6. The molecule has 1 spiro atoms. The molecular formula is C32H33F5N4O3. The number of nitrogens with one attached hydrogen (secondary N) is 2. The van der Waals surface area contributed by atoms with Crippen LogP contribution in [0.2, 0.25) is 0 Å². The summed E-state index contributed by atoms with van der Waals surface area (Å²) >= 11 is 0. The second-order valence-electron chi connectivity index (χ2n) is 12.3. The van der Waals surface area contributed by atoms with E-state index in [1.165, 1.54) is 24.3 Å². The largest absolute Gasteiger partial charge is 0.573 e. The molecule has 3 aromatic carbocycles. The number of carbonyl (C=O) groups excluding carboxylic acids is 1. The van der Waals surface area contributed by atoms with E-state index in [-0.39, 0.29) is 29.3 Å². The lowest BCUT2D eigenvalue weighted by molar-refractivity contribution is -0.274. The van der Waals surface area contributed by atoms with Gasteiger partial charge in [-0.05, 0) is 78.9 Å². The quantitative estimate of drug-likeness (QED) is 0.247. The number of nitrogens with zero attached hydrogens (tertiary/aromatic N) is 2. The SMILES string of the molecule is CC(C)CN1CCC23CN(c4ccccc4NC(=O)Nc4ccc(OC(F)(F)F)cc4)c4c(O)ccc(c42)C(F)(F)CC3C1. The number of phenols is 1. The number of rotatable bonds is 6. The van der Waals surface area contributed by atoms with Crippen LogP contribution in [0.15, 0.2) is 60.7 Å². The van der Waals surface area contributed by atoms with Gasteiger partial charge in [0, 0.05) is 42.7 Å². The number of piperidine rings is 1. The average Bonchev–Trinajstić information content (AvgIpc) is 3.27. The number of phenolic OH excluding ortho intramolecular Hbond substituents is 1. The highest BCUT2D eigenvalue weighted by Gasteiger charge is 2.60. The van der Waals surface area contributed by atoms with E-state index < -0.39 is 29.5 Å². The smallest absolute Gasteiger partial charge is 0.506 e. The second kappa shape index (κ2) is 10.8. The fourth-order valence-electron chi connectivity index (χ4n) is 7.19. The summed E-state index contributed by atoms with van der Waals surface area (Å²) in [6.07, 6.45) is -4.45. The Bertz CT molecular complexity index is 1560. The predicted octanol–water partition coefficient (Wildman–Crippen LogP) is 7.80. The third-order valence-corrected chi connectivity index (χ3v) is 8.81. The van der Waals surface area contributed by atoms with Crippen molar-refractivity contribution in [2.24, 2.45) is 11.8 Å². The molecule has 2 amide bonds. The molecule has 0 saturated carbocycles. The fourth-order valence-corrected chi connectivity index (χ4v) is 7.19. The molecule has 2 atom stereocenters. The lowest BCUT2D eigenvalue weighted by atomic mass is 9.59. The van der Waals surface area contributed by atoms with E-state index in [0.29, 0.717) is 48.1 Å². The van der Waals surface area contributed by atoms with Crippen LogP contribution in [0.1, 0.15) is 37.8 Å². The van der Waals surface area contributed by atoms with Crippen molar-refractivity contribution in [3.8, 4) is 11.5 Å². The van der Waals surface area contributed by atoms with Gasteiger partial charge >= 0.3 is 12.4 Å². The highest BCUT2D eigenvalue weighted by Crippen LogP contribution is 2.63.